The van der Waals surface area contributed by atoms with Crippen LogP contribution < -0.4 is 25.8 Å². The molecular formula is C19H26N2O. The van der Waals surface area contributed by atoms with Gasteiger partial charge in [-0.1, -0.05) is 25.3 Å². The third-order valence-electron chi connectivity index (χ3n) is 5.40. The lowest BCUT2D eigenvalue weighted by Crippen LogP contribution is -2.28. The van der Waals surface area contributed by atoms with E-state index in [1.807, 2.05) is 0 Å². The normalized spacial score (nSPS) is 24.7. The van der Waals surface area contributed by atoms with Crippen LogP contribution in [0.25, 0.3) is 11.8 Å². The van der Waals surface area contributed by atoms with Crippen LogP contribution in [0, 0.1) is 11.8 Å². The molecule has 4 rings (SSSR count). The molecule has 1 unspecified atom stereocenters. The van der Waals surface area contributed by atoms with Crippen molar-refractivity contribution in [1.29, 1.82) is 0 Å². The molecule has 118 valence electrons. The van der Waals surface area contributed by atoms with Gasteiger partial charge in [-0.2, -0.15) is 0 Å². The smallest absolute Gasteiger partial charge is 0.119 e. The zero-order valence-corrected chi connectivity index (χ0v) is 13.2. The van der Waals surface area contributed by atoms with Crippen LogP contribution >= 0.6 is 0 Å². The van der Waals surface area contributed by atoms with Gasteiger partial charge in [0.1, 0.15) is 5.75 Å². The predicted molar refractivity (Wildman–Crippen MR) is 90.0 cm³/mol. The molecule has 1 aromatic rings. The third-order valence-corrected chi connectivity index (χ3v) is 5.40. The highest BCUT2D eigenvalue weighted by molar-refractivity contribution is 5.55. The molecular weight excluding hydrogens is 272 g/mol. The van der Waals surface area contributed by atoms with Crippen LogP contribution in [-0.2, 0) is 0 Å². The van der Waals surface area contributed by atoms with E-state index in [4.69, 9.17) is 4.74 Å². The van der Waals surface area contributed by atoms with E-state index in [9.17, 15) is 0 Å². The Kier molecular flexibility index (Phi) is 4.07. The first-order chi connectivity index (χ1) is 10.9. The number of fused-ring (bicyclic) bond motifs is 2. The molecule has 0 radical (unpaired) electrons. The minimum absolute atomic E-state index is 0.631. The van der Waals surface area contributed by atoms with E-state index in [1.165, 1.54) is 42.5 Å². The minimum atomic E-state index is 0.631. The summed E-state index contributed by atoms with van der Waals surface area (Å²) in [6.45, 7) is 4.03. The van der Waals surface area contributed by atoms with Crippen LogP contribution in [0.3, 0.4) is 0 Å². The highest BCUT2D eigenvalue weighted by Gasteiger charge is 2.22. The SMILES string of the molecule is C1=c2cc(OCC3CCCCC3)ccc2=C2CNCC2CN1. The first-order valence-corrected chi connectivity index (χ1v) is 8.80. The van der Waals surface area contributed by atoms with E-state index in [0.29, 0.717) is 5.92 Å². The van der Waals surface area contributed by atoms with Gasteiger partial charge in [0.15, 0.2) is 0 Å². The van der Waals surface area contributed by atoms with Crippen molar-refractivity contribution in [3.8, 4) is 5.75 Å². The van der Waals surface area contributed by atoms with Gasteiger partial charge in [-0.25, -0.2) is 0 Å². The standard InChI is InChI=1S/C19H26N2O/c1-2-4-14(5-3-1)13-22-17-6-7-18-15(8-17)9-20-10-16-11-21-12-19(16)18/h6-9,14,16,20-21H,1-5,10-13H2. The van der Waals surface area contributed by atoms with Gasteiger partial charge in [-0.15, -0.1) is 0 Å². The molecule has 1 aromatic carbocycles. The molecule has 3 nitrogen and oxygen atoms in total. The maximum Gasteiger partial charge on any atom is 0.119 e. The van der Waals surface area contributed by atoms with E-state index in [-0.39, 0.29) is 0 Å². The van der Waals surface area contributed by atoms with Crippen LogP contribution in [0.2, 0.25) is 0 Å². The Morgan fingerprint density at radius 3 is 2.91 bits per heavy atom. The van der Waals surface area contributed by atoms with Crippen molar-refractivity contribution in [2.75, 3.05) is 26.2 Å². The highest BCUT2D eigenvalue weighted by atomic mass is 16.5. The lowest BCUT2D eigenvalue weighted by molar-refractivity contribution is 0.208. The number of hydrogen-bond acceptors (Lipinski definition) is 3. The summed E-state index contributed by atoms with van der Waals surface area (Å²) in [5.41, 5.74) is 1.55. The van der Waals surface area contributed by atoms with Gasteiger partial charge >= 0.3 is 0 Å². The van der Waals surface area contributed by atoms with Crippen LogP contribution in [0.5, 0.6) is 5.75 Å². The maximum absolute atomic E-state index is 6.09. The van der Waals surface area contributed by atoms with E-state index in [2.05, 4.69) is 35.0 Å². The molecule has 22 heavy (non-hydrogen) atoms. The Bertz CT molecular complexity index is 646. The van der Waals surface area contributed by atoms with Gasteiger partial charge in [0.05, 0.1) is 6.61 Å². The molecule has 1 saturated carbocycles. The molecule has 3 heteroatoms. The zero-order chi connectivity index (χ0) is 14.8. The fraction of sp³-hybridized carbons (Fsp3) is 0.579. The van der Waals surface area contributed by atoms with E-state index >= 15 is 0 Å². The fourth-order valence-electron chi connectivity index (χ4n) is 4.08. The van der Waals surface area contributed by atoms with Crippen LogP contribution in [0.4, 0.5) is 0 Å². The molecule has 3 aliphatic rings. The average molecular weight is 298 g/mol. The van der Waals surface area contributed by atoms with Crippen molar-refractivity contribution in [2.45, 2.75) is 32.1 Å². The van der Waals surface area contributed by atoms with Gasteiger partial charge < -0.3 is 15.4 Å². The van der Waals surface area contributed by atoms with Crippen LogP contribution in [-0.4, -0.2) is 26.2 Å². The number of rotatable bonds is 3. The minimum Gasteiger partial charge on any atom is -0.493 e. The van der Waals surface area contributed by atoms with Gasteiger partial charge in [-0.3, -0.25) is 0 Å². The van der Waals surface area contributed by atoms with Crippen LogP contribution in [0.1, 0.15) is 32.1 Å². The Hall–Kier alpha value is -1.48. The monoisotopic (exact) mass is 298 g/mol. The van der Waals surface area contributed by atoms with Gasteiger partial charge in [0, 0.05) is 37.0 Å². The van der Waals surface area contributed by atoms with Crippen molar-refractivity contribution in [3.05, 3.63) is 28.6 Å². The second kappa shape index (κ2) is 6.33. The fourth-order valence-corrected chi connectivity index (χ4v) is 4.08. The topological polar surface area (TPSA) is 33.3 Å². The van der Waals surface area contributed by atoms with Crippen molar-refractivity contribution in [1.82, 2.24) is 10.6 Å². The lowest BCUT2D eigenvalue weighted by atomic mass is 9.90. The second-order valence-electron chi connectivity index (χ2n) is 6.97. The first-order valence-electron chi connectivity index (χ1n) is 8.80. The molecule has 0 spiro atoms. The quantitative estimate of drug-likeness (QED) is 0.884. The molecule has 1 atom stereocenters. The first kappa shape index (κ1) is 14.1. The van der Waals surface area contributed by atoms with E-state index in [1.54, 1.807) is 5.57 Å². The molecule has 0 bridgehead atoms. The summed E-state index contributed by atoms with van der Waals surface area (Å²) in [7, 11) is 0. The molecule has 1 saturated heterocycles. The third kappa shape index (κ3) is 2.87. The van der Waals surface area contributed by atoms with Crippen molar-refractivity contribution >= 4 is 11.8 Å². The van der Waals surface area contributed by atoms with Gasteiger partial charge in [-0.05, 0) is 41.7 Å². The summed E-state index contributed by atoms with van der Waals surface area (Å²) in [6.07, 6.45) is 9.00. The Balaban J connectivity index is 1.55. The van der Waals surface area contributed by atoms with E-state index < -0.39 is 0 Å². The summed E-state index contributed by atoms with van der Waals surface area (Å²) in [5, 5.41) is 9.63. The average Bonchev–Trinajstić information content (AvgIpc) is 2.96. The number of nitrogens with one attached hydrogen (secondary N) is 2. The lowest BCUT2D eigenvalue weighted by Gasteiger charge is -2.21. The summed E-state index contributed by atoms with van der Waals surface area (Å²) < 4.78 is 6.09. The molecule has 2 N–H and O–H groups in total. The Morgan fingerprint density at radius 2 is 2.00 bits per heavy atom. The van der Waals surface area contributed by atoms with Crippen molar-refractivity contribution in [3.63, 3.8) is 0 Å². The Morgan fingerprint density at radius 1 is 1.09 bits per heavy atom. The summed E-state index contributed by atoms with van der Waals surface area (Å²) >= 11 is 0. The summed E-state index contributed by atoms with van der Waals surface area (Å²) in [5.74, 6) is 2.41. The predicted octanol–water partition coefficient (Wildman–Crippen LogP) is 1.36. The van der Waals surface area contributed by atoms with Crippen molar-refractivity contribution < 1.29 is 4.74 Å². The molecule has 0 amide bonds. The molecule has 2 heterocycles. The molecule has 2 aliphatic heterocycles. The number of benzene rings is 1. The zero-order valence-electron chi connectivity index (χ0n) is 13.2. The van der Waals surface area contributed by atoms with E-state index in [0.717, 1.165) is 37.9 Å². The largest absolute Gasteiger partial charge is 0.493 e. The van der Waals surface area contributed by atoms with Crippen LogP contribution in [0.15, 0.2) is 18.2 Å². The van der Waals surface area contributed by atoms with Crippen molar-refractivity contribution in [2.24, 2.45) is 11.8 Å². The number of ether oxygens (including phenoxy) is 1. The maximum atomic E-state index is 6.09. The summed E-state index contributed by atoms with van der Waals surface area (Å²) in [4.78, 5) is 0. The summed E-state index contributed by atoms with van der Waals surface area (Å²) in [6, 6.07) is 6.62. The van der Waals surface area contributed by atoms with Gasteiger partial charge in [0.25, 0.3) is 0 Å². The molecule has 0 aromatic heterocycles. The second-order valence-corrected chi connectivity index (χ2v) is 6.97. The molecule has 1 aliphatic carbocycles. The number of hydrogen-bond donors (Lipinski definition) is 2. The highest BCUT2D eigenvalue weighted by Crippen LogP contribution is 2.24. The molecule has 2 fully saturated rings. The Labute approximate surface area is 132 Å². The van der Waals surface area contributed by atoms with Gasteiger partial charge in [0.2, 0.25) is 0 Å².